The molecule has 16 heavy (non-hydrogen) atoms. The molecule has 0 radical (unpaired) electrons. The maximum Gasteiger partial charge on any atom is 0.184 e. The lowest BCUT2D eigenvalue weighted by molar-refractivity contribution is 0.218. The first-order valence-electron chi connectivity index (χ1n) is 6.39. The topological polar surface area (TPSA) is 9.23 Å². The number of rotatable bonds is 9. The molecule has 0 rings (SSSR count). The van der Waals surface area contributed by atoms with Crippen molar-refractivity contribution >= 4 is 8.32 Å². The largest absolute Gasteiger partial charge is 0.411 e. The Morgan fingerprint density at radius 3 is 2.31 bits per heavy atom. The maximum absolute atomic E-state index is 6.14. The molecule has 1 unspecified atom stereocenters. The van der Waals surface area contributed by atoms with Crippen molar-refractivity contribution in [3.05, 3.63) is 24.8 Å². The molecule has 0 aliphatic carbocycles. The fourth-order valence-corrected chi connectivity index (χ4v) is 2.76. The number of hydrogen-bond donors (Lipinski definition) is 0. The molecule has 0 amide bonds. The van der Waals surface area contributed by atoms with Gasteiger partial charge in [-0.05, 0) is 31.6 Å². The molecule has 0 aliphatic rings. The van der Waals surface area contributed by atoms with Gasteiger partial charge in [0.25, 0.3) is 0 Å². The second-order valence-electron chi connectivity index (χ2n) is 5.35. The summed E-state index contributed by atoms with van der Waals surface area (Å²) in [6.45, 7) is 16.7. The first-order chi connectivity index (χ1) is 7.40. The SMILES string of the molecule is C=CC(=C)C(CCCCCC)O[Si](C)(C)C. The van der Waals surface area contributed by atoms with Crippen molar-refractivity contribution in [1.29, 1.82) is 0 Å². The summed E-state index contributed by atoms with van der Waals surface area (Å²) in [5, 5.41) is 0. The second-order valence-corrected chi connectivity index (χ2v) is 9.81. The molecular formula is C14H28OSi. The van der Waals surface area contributed by atoms with E-state index in [-0.39, 0.29) is 6.10 Å². The van der Waals surface area contributed by atoms with Crippen LogP contribution in [-0.4, -0.2) is 14.4 Å². The molecule has 0 bridgehead atoms. The molecule has 94 valence electrons. The van der Waals surface area contributed by atoms with Gasteiger partial charge in [0.1, 0.15) is 0 Å². The molecule has 0 saturated carbocycles. The molecule has 0 heterocycles. The van der Waals surface area contributed by atoms with Crippen molar-refractivity contribution in [3.63, 3.8) is 0 Å². The molecule has 0 aromatic carbocycles. The third-order valence-corrected chi connectivity index (χ3v) is 3.48. The van der Waals surface area contributed by atoms with Crippen LogP contribution < -0.4 is 0 Å². The predicted octanol–water partition coefficient (Wildman–Crippen LogP) is 4.92. The van der Waals surface area contributed by atoms with E-state index in [1.54, 1.807) is 0 Å². The van der Waals surface area contributed by atoms with Gasteiger partial charge in [-0.3, -0.25) is 0 Å². The minimum atomic E-state index is -1.48. The highest BCUT2D eigenvalue weighted by Crippen LogP contribution is 2.19. The summed E-state index contributed by atoms with van der Waals surface area (Å²) in [5.74, 6) is 0. The molecular weight excluding hydrogens is 212 g/mol. The quantitative estimate of drug-likeness (QED) is 0.316. The van der Waals surface area contributed by atoms with Gasteiger partial charge in [-0.25, -0.2) is 0 Å². The zero-order chi connectivity index (χ0) is 12.6. The summed E-state index contributed by atoms with van der Waals surface area (Å²) in [6, 6.07) is 0. The van der Waals surface area contributed by atoms with E-state index in [4.69, 9.17) is 4.43 Å². The van der Waals surface area contributed by atoms with Gasteiger partial charge in [-0.1, -0.05) is 51.8 Å². The van der Waals surface area contributed by atoms with Crippen LogP contribution in [0.5, 0.6) is 0 Å². The van der Waals surface area contributed by atoms with E-state index in [9.17, 15) is 0 Å². The van der Waals surface area contributed by atoms with Gasteiger partial charge in [0.05, 0.1) is 6.10 Å². The Hall–Kier alpha value is -0.343. The Bertz CT molecular complexity index is 215. The molecule has 0 aromatic heterocycles. The molecule has 0 aromatic rings. The second kappa shape index (κ2) is 7.85. The third-order valence-electron chi connectivity index (χ3n) is 2.49. The van der Waals surface area contributed by atoms with E-state index in [2.05, 4.69) is 39.7 Å². The fraction of sp³-hybridized carbons (Fsp3) is 0.714. The van der Waals surface area contributed by atoms with Gasteiger partial charge in [0.2, 0.25) is 0 Å². The number of hydrogen-bond acceptors (Lipinski definition) is 1. The average Bonchev–Trinajstić information content (AvgIpc) is 2.19. The van der Waals surface area contributed by atoms with Crippen molar-refractivity contribution in [1.82, 2.24) is 0 Å². The summed E-state index contributed by atoms with van der Waals surface area (Å²) in [7, 11) is -1.48. The zero-order valence-electron chi connectivity index (χ0n) is 11.5. The molecule has 1 atom stereocenters. The minimum absolute atomic E-state index is 0.195. The maximum atomic E-state index is 6.14. The van der Waals surface area contributed by atoms with Crippen molar-refractivity contribution in [3.8, 4) is 0 Å². The lowest BCUT2D eigenvalue weighted by Gasteiger charge is -2.27. The first kappa shape index (κ1) is 15.7. The molecule has 0 saturated heterocycles. The summed E-state index contributed by atoms with van der Waals surface area (Å²) in [4.78, 5) is 0. The van der Waals surface area contributed by atoms with Crippen molar-refractivity contribution in [2.24, 2.45) is 0 Å². The van der Waals surface area contributed by atoms with Crippen LogP contribution in [0.15, 0.2) is 24.8 Å². The van der Waals surface area contributed by atoms with Crippen LogP contribution >= 0.6 is 0 Å². The van der Waals surface area contributed by atoms with Crippen LogP contribution in [0.4, 0.5) is 0 Å². The normalized spacial score (nSPS) is 13.5. The molecule has 2 heteroatoms. The van der Waals surface area contributed by atoms with E-state index in [0.717, 1.165) is 12.0 Å². The molecule has 0 aliphatic heterocycles. The Balaban J connectivity index is 4.11. The van der Waals surface area contributed by atoms with E-state index >= 15 is 0 Å². The van der Waals surface area contributed by atoms with Gasteiger partial charge < -0.3 is 4.43 Å². The van der Waals surface area contributed by atoms with Crippen LogP contribution in [0.1, 0.15) is 39.0 Å². The smallest absolute Gasteiger partial charge is 0.184 e. The monoisotopic (exact) mass is 240 g/mol. The van der Waals surface area contributed by atoms with Gasteiger partial charge >= 0.3 is 0 Å². The van der Waals surface area contributed by atoms with Gasteiger partial charge in [0, 0.05) is 0 Å². The summed E-state index contributed by atoms with van der Waals surface area (Å²) in [5.41, 5.74) is 1.04. The van der Waals surface area contributed by atoms with E-state index in [1.807, 2.05) is 6.08 Å². The summed E-state index contributed by atoms with van der Waals surface area (Å²) in [6.07, 6.45) is 8.26. The standard InChI is InChI=1S/C14H28OSi/c1-7-9-10-11-12-14(13(3)8-2)15-16(4,5)6/h8,14H,2-3,7,9-12H2,1,4-6H3. The highest BCUT2D eigenvalue weighted by atomic mass is 28.4. The highest BCUT2D eigenvalue weighted by molar-refractivity contribution is 6.69. The molecule has 0 spiro atoms. The van der Waals surface area contributed by atoms with Gasteiger partial charge in [0.15, 0.2) is 8.32 Å². The zero-order valence-corrected chi connectivity index (χ0v) is 12.5. The van der Waals surface area contributed by atoms with Crippen LogP contribution in [0.2, 0.25) is 19.6 Å². The third kappa shape index (κ3) is 7.89. The summed E-state index contributed by atoms with van der Waals surface area (Å²) >= 11 is 0. The van der Waals surface area contributed by atoms with E-state index in [1.165, 1.54) is 25.7 Å². The fourth-order valence-electron chi connectivity index (χ4n) is 1.63. The van der Waals surface area contributed by atoms with Crippen LogP contribution in [0, 0.1) is 0 Å². The first-order valence-corrected chi connectivity index (χ1v) is 9.80. The molecule has 0 fully saturated rings. The van der Waals surface area contributed by atoms with Gasteiger partial charge in [-0.15, -0.1) is 0 Å². The highest BCUT2D eigenvalue weighted by Gasteiger charge is 2.21. The lowest BCUT2D eigenvalue weighted by atomic mass is 10.0. The van der Waals surface area contributed by atoms with E-state index in [0.29, 0.717) is 0 Å². The van der Waals surface area contributed by atoms with Crippen LogP contribution in [0.3, 0.4) is 0 Å². The Morgan fingerprint density at radius 1 is 1.25 bits per heavy atom. The van der Waals surface area contributed by atoms with Crippen LogP contribution in [-0.2, 0) is 4.43 Å². The van der Waals surface area contributed by atoms with Crippen molar-refractivity contribution < 1.29 is 4.43 Å². The molecule has 1 nitrogen and oxygen atoms in total. The minimum Gasteiger partial charge on any atom is -0.411 e. The Morgan fingerprint density at radius 2 is 1.88 bits per heavy atom. The van der Waals surface area contributed by atoms with Gasteiger partial charge in [-0.2, -0.15) is 0 Å². The summed E-state index contributed by atoms with van der Waals surface area (Å²) < 4.78 is 6.14. The average molecular weight is 240 g/mol. The van der Waals surface area contributed by atoms with Crippen molar-refractivity contribution in [2.45, 2.75) is 64.8 Å². The lowest BCUT2D eigenvalue weighted by Crippen LogP contribution is -2.32. The van der Waals surface area contributed by atoms with E-state index < -0.39 is 8.32 Å². The van der Waals surface area contributed by atoms with Crippen LogP contribution in [0.25, 0.3) is 0 Å². The number of unbranched alkanes of at least 4 members (excludes halogenated alkanes) is 3. The predicted molar refractivity (Wildman–Crippen MR) is 76.3 cm³/mol. The Labute approximate surface area is 103 Å². The molecule has 0 N–H and O–H groups in total. The Kier molecular flexibility index (Phi) is 7.69. The van der Waals surface area contributed by atoms with Crippen molar-refractivity contribution in [2.75, 3.05) is 0 Å².